The molecule has 9 heteroatoms. The predicted molar refractivity (Wildman–Crippen MR) is 101 cm³/mol. The van der Waals surface area contributed by atoms with Crippen LogP contribution in [0, 0.1) is 5.82 Å². The number of anilines is 2. The SMILES string of the molecule is CN(c1ccccc1NC(=O)c1ccn(-c2cccc(F)c2)n1)S(C)(=O)=O. The second-order valence-corrected chi connectivity index (χ2v) is 7.84. The molecule has 0 saturated heterocycles. The van der Waals surface area contributed by atoms with Crippen molar-refractivity contribution in [1.29, 1.82) is 0 Å². The van der Waals surface area contributed by atoms with Gasteiger partial charge in [-0.3, -0.25) is 9.10 Å². The van der Waals surface area contributed by atoms with Gasteiger partial charge in [0.05, 0.1) is 23.3 Å². The van der Waals surface area contributed by atoms with Crippen LogP contribution in [0.2, 0.25) is 0 Å². The number of carbonyl (C=O) groups is 1. The molecule has 2 aromatic carbocycles. The third-order valence-corrected chi connectivity index (χ3v) is 5.08. The van der Waals surface area contributed by atoms with Crippen molar-refractivity contribution in [3.63, 3.8) is 0 Å². The first-order valence-corrected chi connectivity index (χ1v) is 9.76. The second-order valence-electron chi connectivity index (χ2n) is 5.83. The standard InChI is InChI=1S/C18H17FN4O3S/c1-22(27(2,25)26)17-9-4-3-8-15(17)20-18(24)16-10-11-23(21-16)14-7-5-6-13(19)12-14/h3-12H,1-2H3,(H,20,24). The summed E-state index contributed by atoms with van der Waals surface area (Å²) in [6.45, 7) is 0. The molecule has 0 bridgehead atoms. The zero-order chi connectivity index (χ0) is 19.6. The molecule has 0 unspecified atom stereocenters. The molecule has 0 saturated carbocycles. The van der Waals surface area contributed by atoms with Crippen LogP contribution in [-0.2, 0) is 10.0 Å². The fourth-order valence-corrected chi connectivity index (χ4v) is 2.94. The lowest BCUT2D eigenvalue weighted by molar-refractivity contribution is 0.102. The van der Waals surface area contributed by atoms with E-state index in [-0.39, 0.29) is 5.69 Å². The number of carbonyl (C=O) groups excluding carboxylic acids is 1. The molecule has 1 N–H and O–H groups in total. The molecule has 0 fully saturated rings. The van der Waals surface area contributed by atoms with Gasteiger partial charge in [-0.1, -0.05) is 18.2 Å². The maximum Gasteiger partial charge on any atom is 0.276 e. The fraction of sp³-hybridized carbons (Fsp3) is 0.111. The fourth-order valence-electron chi connectivity index (χ4n) is 2.43. The third-order valence-electron chi connectivity index (χ3n) is 3.88. The average molecular weight is 388 g/mol. The van der Waals surface area contributed by atoms with Crippen molar-refractivity contribution < 1.29 is 17.6 Å². The maximum absolute atomic E-state index is 13.3. The number of sulfonamides is 1. The van der Waals surface area contributed by atoms with Crippen LogP contribution in [0.5, 0.6) is 0 Å². The van der Waals surface area contributed by atoms with Crippen LogP contribution in [0.4, 0.5) is 15.8 Å². The summed E-state index contributed by atoms with van der Waals surface area (Å²) >= 11 is 0. The number of para-hydroxylation sites is 2. The lowest BCUT2D eigenvalue weighted by Crippen LogP contribution is -2.26. The monoisotopic (exact) mass is 388 g/mol. The van der Waals surface area contributed by atoms with Crippen molar-refractivity contribution in [2.75, 3.05) is 22.9 Å². The van der Waals surface area contributed by atoms with Crippen LogP contribution in [0.1, 0.15) is 10.5 Å². The summed E-state index contributed by atoms with van der Waals surface area (Å²) in [6.07, 6.45) is 2.62. The Bertz CT molecular complexity index is 1100. The molecular weight excluding hydrogens is 371 g/mol. The summed E-state index contributed by atoms with van der Waals surface area (Å²) in [7, 11) is -2.09. The molecule has 0 atom stereocenters. The van der Waals surface area contributed by atoms with Gasteiger partial charge < -0.3 is 5.32 Å². The third kappa shape index (κ3) is 4.14. The molecule has 0 aliphatic carbocycles. The Kier molecular flexibility index (Phi) is 4.95. The van der Waals surface area contributed by atoms with Crippen molar-refractivity contribution in [3.05, 3.63) is 72.3 Å². The molecule has 1 heterocycles. The lowest BCUT2D eigenvalue weighted by atomic mass is 10.2. The van der Waals surface area contributed by atoms with Gasteiger partial charge in [-0.25, -0.2) is 17.5 Å². The van der Waals surface area contributed by atoms with Gasteiger partial charge in [-0.15, -0.1) is 0 Å². The number of benzene rings is 2. The molecule has 1 aromatic heterocycles. The van der Waals surface area contributed by atoms with Crippen LogP contribution in [0.3, 0.4) is 0 Å². The Morgan fingerprint density at radius 3 is 2.59 bits per heavy atom. The van der Waals surface area contributed by atoms with E-state index < -0.39 is 21.7 Å². The minimum Gasteiger partial charge on any atom is -0.319 e. The first-order chi connectivity index (χ1) is 12.8. The summed E-state index contributed by atoms with van der Waals surface area (Å²) in [6, 6.07) is 13.8. The number of nitrogens with zero attached hydrogens (tertiary/aromatic N) is 3. The number of nitrogens with one attached hydrogen (secondary N) is 1. The van der Waals surface area contributed by atoms with E-state index in [2.05, 4.69) is 10.4 Å². The largest absolute Gasteiger partial charge is 0.319 e. The Labute approximate surface area is 156 Å². The predicted octanol–water partition coefficient (Wildman–Crippen LogP) is 2.66. The van der Waals surface area contributed by atoms with Crippen molar-refractivity contribution in [2.45, 2.75) is 0 Å². The van der Waals surface area contributed by atoms with Crippen LogP contribution in [0.25, 0.3) is 5.69 Å². The van der Waals surface area contributed by atoms with Gasteiger partial charge in [-0.2, -0.15) is 5.10 Å². The van der Waals surface area contributed by atoms with Crippen molar-refractivity contribution in [1.82, 2.24) is 9.78 Å². The lowest BCUT2D eigenvalue weighted by Gasteiger charge is -2.20. The molecule has 0 spiro atoms. The van der Waals surface area contributed by atoms with Gasteiger partial charge in [0.2, 0.25) is 10.0 Å². The van der Waals surface area contributed by atoms with E-state index in [0.717, 1.165) is 10.6 Å². The van der Waals surface area contributed by atoms with Crippen molar-refractivity contribution >= 4 is 27.3 Å². The van der Waals surface area contributed by atoms with E-state index in [4.69, 9.17) is 0 Å². The quantitative estimate of drug-likeness (QED) is 0.728. The Morgan fingerprint density at radius 1 is 1.15 bits per heavy atom. The summed E-state index contributed by atoms with van der Waals surface area (Å²) in [5, 5.41) is 6.81. The zero-order valence-corrected chi connectivity index (χ0v) is 15.4. The normalized spacial score (nSPS) is 11.2. The Balaban J connectivity index is 1.85. The molecule has 7 nitrogen and oxygen atoms in total. The zero-order valence-electron chi connectivity index (χ0n) is 14.6. The highest BCUT2D eigenvalue weighted by molar-refractivity contribution is 7.92. The van der Waals surface area contributed by atoms with E-state index in [1.54, 1.807) is 36.4 Å². The summed E-state index contributed by atoms with van der Waals surface area (Å²) in [5.41, 5.74) is 1.25. The molecular formula is C18H17FN4O3S. The van der Waals surface area contributed by atoms with Gasteiger partial charge in [-0.05, 0) is 36.4 Å². The number of amides is 1. The molecule has 3 rings (SSSR count). The first kappa shape index (κ1) is 18.6. The van der Waals surface area contributed by atoms with Crippen LogP contribution in [0.15, 0.2) is 60.8 Å². The minimum absolute atomic E-state index is 0.107. The van der Waals surface area contributed by atoms with E-state index >= 15 is 0 Å². The van der Waals surface area contributed by atoms with Gasteiger partial charge in [0.1, 0.15) is 5.82 Å². The molecule has 0 aliphatic heterocycles. The molecule has 0 radical (unpaired) electrons. The Hall–Kier alpha value is -3.20. The summed E-state index contributed by atoms with van der Waals surface area (Å²) < 4.78 is 39.4. The van der Waals surface area contributed by atoms with E-state index in [9.17, 15) is 17.6 Å². The molecule has 1 amide bonds. The highest BCUT2D eigenvalue weighted by atomic mass is 32.2. The van der Waals surface area contributed by atoms with E-state index in [1.807, 2.05) is 0 Å². The van der Waals surface area contributed by atoms with Gasteiger partial charge in [0.15, 0.2) is 5.69 Å². The van der Waals surface area contributed by atoms with E-state index in [0.29, 0.717) is 17.1 Å². The molecule has 140 valence electrons. The number of rotatable bonds is 5. The van der Waals surface area contributed by atoms with Crippen LogP contribution >= 0.6 is 0 Å². The van der Waals surface area contributed by atoms with Crippen LogP contribution in [-0.4, -0.2) is 37.4 Å². The van der Waals surface area contributed by atoms with Gasteiger partial charge >= 0.3 is 0 Å². The Morgan fingerprint density at radius 2 is 1.89 bits per heavy atom. The minimum atomic E-state index is -3.49. The molecule has 3 aromatic rings. The molecule has 0 aliphatic rings. The highest BCUT2D eigenvalue weighted by Crippen LogP contribution is 2.26. The smallest absolute Gasteiger partial charge is 0.276 e. The molecule has 27 heavy (non-hydrogen) atoms. The summed E-state index contributed by atoms with van der Waals surface area (Å²) in [4.78, 5) is 12.5. The summed E-state index contributed by atoms with van der Waals surface area (Å²) in [5.74, 6) is -0.925. The topological polar surface area (TPSA) is 84.3 Å². The van der Waals surface area contributed by atoms with Crippen molar-refractivity contribution in [2.24, 2.45) is 0 Å². The number of hydrogen-bond acceptors (Lipinski definition) is 4. The van der Waals surface area contributed by atoms with Gasteiger partial charge in [0, 0.05) is 13.2 Å². The number of hydrogen-bond donors (Lipinski definition) is 1. The number of halogens is 1. The van der Waals surface area contributed by atoms with E-state index in [1.165, 1.54) is 36.1 Å². The number of aromatic nitrogens is 2. The average Bonchev–Trinajstić information content (AvgIpc) is 3.11. The highest BCUT2D eigenvalue weighted by Gasteiger charge is 2.18. The van der Waals surface area contributed by atoms with Crippen molar-refractivity contribution in [3.8, 4) is 5.69 Å². The van der Waals surface area contributed by atoms with Gasteiger partial charge in [0.25, 0.3) is 5.91 Å². The maximum atomic E-state index is 13.3. The van der Waals surface area contributed by atoms with Crippen LogP contribution < -0.4 is 9.62 Å². The second kappa shape index (κ2) is 7.20. The first-order valence-electron chi connectivity index (χ1n) is 7.91.